The van der Waals surface area contributed by atoms with E-state index in [1.807, 2.05) is 55.5 Å². The molecule has 180 valence electrons. The fourth-order valence-corrected chi connectivity index (χ4v) is 4.65. The zero-order valence-corrected chi connectivity index (χ0v) is 20.9. The zero-order chi connectivity index (χ0) is 25.8. The first-order valence-corrected chi connectivity index (χ1v) is 12.2. The Bertz CT molecular complexity index is 1440. The van der Waals surface area contributed by atoms with Gasteiger partial charge in [-0.3, -0.25) is 5.41 Å². The van der Waals surface area contributed by atoms with Crippen LogP contribution in [0, 0.1) is 22.7 Å². The number of nitrogens with one attached hydrogen (secondary N) is 1. The van der Waals surface area contributed by atoms with Gasteiger partial charge in [-0.05, 0) is 83.3 Å². The fraction of sp³-hybridized carbons (Fsp3) is 0.161. The van der Waals surface area contributed by atoms with E-state index in [0.29, 0.717) is 10.6 Å². The van der Waals surface area contributed by atoms with Crippen molar-refractivity contribution in [2.75, 3.05) is 5.73 Å². The Morgan fingerprint density at radius 2 is 1.78 bits per heavy atom. The largest absolute Gasteiger partial charge is 0.398 e. The molecule has 3 N–H and O–H groups in total. The fourth-order valence-electron chi connectivity index (χ4n) is 4.48. The van der Waals surface area contributed by atoms with E-state index in [9.17, 15) is 9.65 Å². The molecule has 3 aromatic rings. The van der Waals surface area contributed by atoms with E-state index < -0.39 is 5.97 Å². The maximum atomic E-state index is 14.1. The summed E-state index contributed by atoms with van der Waals surface area (Å²) in [6, 6.07) is 20.9. The van der Waals surface area contributed by atoms with Gasteiger partial charge < -0.3 is 5.73 Å². The molecule has 1 aliphatic carbocycles. The summed E-state index contributed by atoms with van der Waals surface area (Å²) >= 11 is 6.22. The van der Waals surface area contributed by atoms with E-state index in [2.05, 4.69) is 12.6 Å². The number of anilines is 1. The van der Waals surface area contributed by atoms with Gasteiger partial charge in [0.2, 0.25) is 5.97 Å². The number of nitrogens with zero attached hydrogens (tertiary/aromatic N) is 1. The number of nitrogens with two attached hydrogens (primary N) is 1. The average molecular weight is 496 g/mol. The van der Waals surface area contributed by atoms with Crippen molar-refractivity contribution in [1.82, 2.24) is 0 Å². The predicted molar refractivity (Wildman–Crippen MR) is 149 cm³/mol. The quantitative estimate of drug-likeness (QED) is 0.149. The lowest BCUT2D eigenvalue weighted by atomic mass is 9.72. The summed E-state index contributed by atoms with van der Waals surface area (Å²) in [4.78, 5) is 0. The van der Waals surface area contributed by atoms with Crippen molar-refractivity contribution in [3.63, 3.8) is 0 Å². The molecule has 0 saturated heterocycles. The number of nitriles is 1. The molecule has 0 radical (unpaired) electrons. The monoisotopic (exact) mass is 495 g/mol. The third-order valence-electron chi connectivity index (χ3n) is 6.51. The summed E-state index contributed by atoms with van der Waals surface area (Å²) in [6.45, 7) is 5.85. The van der Waals surface area contributed by atoms with Crippen LogP contribution in [0.1, 0.15) is 59.6 Å². The molecule has 0 atom stereocenters. The Morgan fingerprint density at radius 1 is 1.08 bits per heavy atom. The average Bonchev–Trinajstić information content (AvgIpc) is 2.82. The van der Waals surface area contributed by atoms with Crippen LogP contribution in [0.25, 0.3) is 17.2 Å². The van der Waals surface area contributed by atoms with Crippen LogP contribution < -0.4 is 5.73 Å². The Labute approximate surface area is 216 Å². The highest BCUT2D eigenvalue weighted by Crippen LogP contribution is 2.46. The van der Waals surface area contributed by atoms with E-state index in [0.717, 1.165) is 58.2 Å². The minimum absolute atomic E-state index is 0.0515. The SMILES string of the molecule is C=C(C)/C=C/c1ccc(/C(=C(\c2ccc(Cl)cc2C#N)C2CCC2)c2ccc(N)c(C(=N)F)c2)cc1. The van der Waals surface area contributed by atoms with Gasteiger partial charge in [-0.2, -0.15) is 9.65 Å². The highest BCUT2D eigenvalue weighted by molar-refractivity contribution is 6.30. The van der Waals surface area contributed by atoms with E-state index in [1.165, 1.54) is 0 Å². The van der Waals surface area contributed by atoms with Crippen molar-refractivity contribution >= 4 is 40.5 Å². The lowest BCUT2D eigenvalue weighted by Crippen LogP contribution is -2.16. The van der Waals surface area contributed by atoms with Gasteiger partial charge in [-0.15, -0.1) is 0 Å². The molecule has 1 aliphatic rings. The summed E-state index contributed by atoms with van der Waals surface area (Å²) in [7, 11) is 0. The standard InChI is InChI=1S/C31H27ClFN3/c1-19(2)6-7-20-8-10-22(11-9-20)29(23-12-15-28(35)27(17-23)31(33)36)30(21-4-3-5-21)26-14-13-25(32)16-24(26)18-34/h6-17,21,36H,1,3-5,35H2,2H3/b7-6+,30-29+,36-31?. The molecule has 0 bridgehead atoms. The zero-order valence-electron chi connectivity index (χ0n) is 20.1. The van der Waals surface area contributed by atoms with Gasteiger partial charge in [0.25, 0.3) is 0 Å². The van der Waals surface area contributed by atoms with Crippen molar-refractivity contribution in [1.29, 1.82) is 10.7 Å². The van der Waals surface area contributed by atoms with Gasteiger partial charge in [0.15, 0.2) is 0 Å². The number of allylic oxidation sites excluding steroid dienone is 3. The molecular weight excluding hydrogens is 469 g/mol. The lowest BCUT2D eigenvalue weighted by molar-refractivity contribution is 0.401. The molecule has 1 fully saturated rings. The molecule has 0 aromatic heterocycles. The van der Waals surface area contributed by atoms with E-state index in [-0.39, 0.29) is 17.2 Å². The van der Waals surface area contributed by atoms with Gasteiger partial charge in [0.05, 0.1) is 17.2 Å². The van der Waals surface area contributed by atoms with Crippen LogP contribution in [-0.2, 0) is 0 Å². The molecule has 5 heteroatoms. The van der Waals surface area contributed by atoms with Crippen LogP contribution in [0.2, 0.25) is 5.02 Å². The van der Waals surface area contributed by atoms with Crippen molar-refractivity contribution < 1.29 is 4.39 Å². The number of hydrogen-bond donors (Lipinski definition) is 2. The number of hydrogen-bond acceptors (Lipinski definition) is 3. The van der Waals surface area contributed by atoms with Crippen LogP contribution in [-0.4, -0.2) is 5.97 Å². The van der Waals surface area contributed by atoms with E-state index in [4.69, 9.17) is 22.7 Å². The summed E-state index contributed by atoms with van der Waals surface area (Å²) in [6.07, 6.45) is 7.04. The first-order valence-electron chi connectivity index (χ1n) is 11.8. The molecule has 0 amide bonds. The third-order valence-corrected chi connectivity index (χ3v) is 6.75. The highest BCUT2D eigenvalue weighted by atomic mass is 35.5. The summed E-state index contributed by atoms with van der Waals surface area (Å²) in [5, 5.41) is 18.0. The third kappa shape index (κ3) is 5.32. The lowest BCUT2D eigenvalue weighted by Gasteiger charge is -2.32. The molecule has 4 rings (SSSR count). The van der Waals surface area contributed by atoms with Gasteiger partial charge >= 0.3 is 0 Å². The van der Waals surface area contributed by atoms with E-state index >= 15 is 0 Å². The molecule has 1 saturated carbocycles. The van der Waals surface area contributed by atoms with Crippen molar-refractivity contribution in [2.45, 2.75) is 26.2 Å². The maximum absolute atomic E-state index is 14.1. The van der Waals surface area contributed by atoms with Crippen LogP contribution in [0.4, 0.5) is 10.1 Å². The van der Waals surface area contributed by atoms with Crippen LogP contribution in [0.3, 0.4) is 0 Å². The Kier molecular flexibility index (Phi) is 7.52. The summed E-state index contributed by atoms with van der Waals surface area (Å²) < 4.78 is 14.1. The van der Waals surface area contributed by atoms with Crippen LogP contribution >= 0.6 is 11.6 Å². The topological polar surface area (TPSA) is 73.7 Å². The number of halogens is 2. The summed E-state index contributed by atoms with van der Waals surface area (Å²) in [5.74, 6) is -0.842. The van der Waals surface area contributed by atoms with Gasteiger partial charge in [-0.1, -0.05) is 78.7 Å². The second-order valence-electron chi connectivity index (χ2n) is 9.14. The first kappa shape index (κ1) is 25.2. The summed E-state index contributed by atoms with van der Waals surface area (Å²) in [5.41, 5.74) is 13.2. The molecule has 0 aliphatic heterocycles. The molecule has 3 nitrogen and oxygen atoms in total. The van der Waals surface area contributed by atoms with Crippen molar-refractivity contribution in [2.24, 2.45) is 5.92 Å². The van der Waals surface area contributed by atoms with Gasteiger partial charge in [0.1, 0.15) is 0 Å². The van der Waals surface area contributed by atoms with Crippen molar-refractivity contribution in [3.8, 4) is 6.07 Å². The van der Waals surface area contributed by atoms with Crippen molar-refractivity contribution in [3.05, 3.63) is 117 Å². The highest BCUT2D eigenvalue weighted by Gasteiger charge is 2.29. The Morgan fingerprint density at radius 3 is 2.36 bits per heavy atom. The molecule has 3 aromatic carbocycles. The van der Waals surface area contributed by atoms with Gasteiger partial charge in [0, 0.05) is 10.7 Å². The molecule has 0 heterocycles. The van der Waals surface area contributed by atoms with Crippen LogP contribution in [0.5, 0.6) is 0 Å². The number of nitrogen functional groups attached to an aromatic ring is 1. The maximum Gasteiger partial charge on any atom is 0.214 e. The smallest absolute Gasteiger partial charge is 0.214 e. The second-order valence-corrected chi connectivity index (χ2v) is 9.57. The number of benzene rings is 3. The first-order chi connectivity index (χ1) is 17.3. The normalized spacial score (nSPS) is 14.2. The Balaban J connectivity index is 2.02. The minimum atomic E-state index is -1.08. The molecular formula is C31H27ClFN3. The van der Waals surface area contributed by atoms with Gasteiger partial charge in [-0.25, -0.2) is 0 Å². The second kappa shape index (κ2) is 10.8. The number of rotatable bonds is 7. The molecule has 36 heavy (non-hydrogen) atoms. The molecule has 0 spiro atoms. The minimum Gasteiger partial charge on any atom is -0.398 e. The van der Waals surface area contributed by atoms with Crippen LogP contribution in [0.15, 0.2) is 78.9 Å². The Hall–Kier alpha value is -3.94. The predicted octanol–water partition coefficient (Wildman–Crippen LogP) is 8.44. The van der Waals surface area contributed by atoms with E-state index in [1.54, 1.807) is 24.3 Å². The molecule has 0 unspecified atom stereocenters.